The van der Waals surface area contributed by atoms with Crippen LogP contribution in [0.2, 0.25) is 0 Å². The highest BCUT2D eigenvalue weighted by atomic mass is 16.6. The van der Waals surface area contributed by atoms with Crippen molar-refractivity contribution >= 4 is 11.5 Å². The van der Waals surface area contributed by atoms with Gasteiger partial charge in [0, 0.05) is 25.0 Å². The Morgan fingerprint density at radius 3 is 2.40 bits per heavy atom. The lowest BCUT2D eigenvalue weighted by molar-refractivity contribution is -0.384. The molecule has 0 saturated carbocycles. The zero-order valence-corrected chi connectivity index (χ0v) is 8.60. The van der Waals surface area contributed by atoms with E-state index in [0.717, 1.165) is 5.56 Å². The summed E-state index contributed by atoms with van der Waals surface area (Å²) >= 11 is 0. The SMILES string of the molecule is CCC(=O)CCc1ccc([N+](=O)[O-])cc1. The molecule has 0 aromatic heterocycles. The molecule has 80 valence electrons. The fourth-order valence-corrected chi connectivity index (χ4v) is 1.24. The number of carbonyl (C=O) groups is 1. The van der Waals surface area contributed by atoms with E-state index in [1.54, 1.807) is 12.1 Å². The smallest absolute Gasteiger partial charge is 0.269 e. The molecule has 0 N–H and O–H groups in total. The number of carbonyl (C=O) groups excluding carboxylic acids is 1. The molecular weight excluding hydrogens is 194 g/mol. The minimum absolute atomic E-state index is 0.0839. The zero-order chi connectivity index (χ0) is 11.3. The van der Waals surface area contributed by atoms with E-state index in [1.807, 2.05) is 6.92 Å². The van der Waals surface area contributed by atoms with Crippen molar-refractivity contribution in [2.45, 2.75) is 26.2 Å². The molecular formula is C11H13NO3. The number of aryl methyl sites for hydroxylation is 1. The largest absolute Gasteiger partial charge is 0.300 e. The molecule has 0 heterocycles. The summed E-state index contributed by atoms with van der Waals surface area (Å²) in [7, 11) is 0. The zero-order valence-electron chi connectivity index (χ0n) is 8.60. The van der Waals surface area contributed by atoms with Crippen molar-refractivity contribution in [3.05, 3.63) is 39.9 Å². The van der Waals surface area contributed by atoms with Crippen molar-refractivity contribution in [2.24, 2.45) is 0 Å². The Kier molecular flexibility index (Phi) is 3.97. The minimum Gasteiger partial charge on any atom is -0.300 e. The molecule has 0 spiro atoms. The number of nitrogens with zero attached hydrogens (tertiary/aromatic N) is 1. The Labute approximate surface area is 88.1 Å². The predicted molar refractivity (Wildman–Crippen MR) is 56.7 cm³/mol. The van der Waals surface area contributed by atoms with Gasteiger partial charge < -0.3 is 0 Å². The van der Waals surface area contributed by atoms with Gasteiger partial charge in [0.05, 0.1) is 4.92 Å². The Bertz CT molecular complexity index is 357. The highest BCUT2D eigenvalue weighted by Gasteiger charge is 2.04. The molecule has 15 heavy (non-hydrogen) atoms. The third-order valence-corrected chi connectivity index (χ3v) is 2.23. The van der Waals surface area contributed by atoms with Gasteiger partial charge in [-0.25, -0.2) is 0 Å². The summed E-state index contributed by atoms with van der Waals surface area (Å²) in [5.74, 6) is 0.216. The highest BCUT2D eigenvalue weighted by Crippen LogP contribution is 2.13. The van der Waals surface area contributed by atoms with Gasteiger partial charge in [-0.2, -0.15) is 0 Å². The second-order valence-corrected chi connectivity index (χ2v) is 3.32. The van der Waals surface area contributed by atoms with Crippen LogP contribution in [0.15, 0.2) is 24.3 Å². The molecule has 0 amide bonds. The molecule has 0 aliphatic heterocycles. The van der Waals surface area contributed by atoms with Gasteiger partial charge in [-0.3, -0.25) is 14.9 Å². The first-order valence-electron chi connectivity index (χ1n) is 4.88. The number of Topliss-reactive ketones (excluding diaryl/α,β-unsaturated/α-hetero) is 1. The molecule has 0 bridgehead atoms. The van der Waals surface area contributed by atoms with Gasteiger partial charge >= 0.3 is 0 Å². The molecule has 1 rings (SSSR count). The number of nitro groups is 1. The number of hydrogen-bond donors (Lipinski definition) is 0. The van der Waals surface area contributed by atoms with Gasteiger partial charge in [0.15, 0.2) is 0 Å². The van der Waals surface area contributed by atoms with E-state index in [4.69, 9.17) is 0 Å². The van der Waals surface area contributed by atoms with Crippen molar-refractivity contribution in [1.82, 2.24) is 0 Å². The summed E-state index contributed by atoms with van der Waals surface area (Å²) in [5.41, 5.74) is 1.04. The van der Waals surface area contributed by atoms with Gasteiger partial charge in [-0.05, 0) is 12.0 Å². The fourth-order valence-electron chi connectivity index (χ4n) is 1.24. The molecule has 1 aromatic carbocycles. The molecule has 0 unspecified atom stereocenters. The maximum Gasteiger partial charge on any atom is 0.269 e. The molecule has 4 heteroatoms. The van der Waals surface area contributed by atoms with Crippen LogP contribution >= 0.6 is 0 Å². The van der Waals surface area contributed by atoms with Crippen LogP contribution in [0.4, 0.5) is 5.69 Å². The van der Waals surface area contributed by atoms with Crippen LogP contribution in [-0.2, 0) is 11.2 Å². The Morgan fingerprint density at radius 2 is 1.93 bits per heavy atom. The van der Waals surface area contributed by atoms with Crippen molar-refractivity contribution in [1.29, 1.82) is 0 Å². The average Bonchev–Trinajstić information content (AvgIpc) is 2.26. The average molecular weight is 207 g/mol. The third kappa shape index (κ3) is 3.50. The molecule has 0 fully saturated rings. The molecule has 0 saturated heterocycles. The van der Waals surface area contributed by atoms with Crippen LogP contribution in [-0.4, -0.2) is 10.7 Å². The molecule has 0 radical (unpaired) electrons. The van der Waals surface area contributed by atoms with Crippen LogP contribution in [0.25, 0.3) is 0 Å². The topological polar surface area (TPSA) is 60.2 Å². The minimum atomic E-state index is -0.430. The number of non-ortho nitro benzene ring substituents is 1. The van der Waals surface area contributed by atoms with E-state index in [9.17, 15) is 14.9 Å². The van der Waals surface area contributed by atoms with Crippen molar-refractivity contribution in [3.63, 3.8) is 0 Å². The summed E-state index contributed by atoms with van der Waals surface area (Å²) in [6.07, 6.45) is 1.71. The van der Waals surface area contributed by atoms with Gasteiger partial charge in [0.25, 0.3) is 5.69 Å². The standard InChI is InChI=1S/C11H13NO3/c1-2-11(13)8-5-9-3-6-10(7-4-9)12(14)15/h3-4,6-7H,2,5,8H2,1H3. The second kappa shape index (κ2) is 5.24. The number of hydrogen-bond acceptors (Lipinski definition) is 3. The quantitative estimate of drug-likeness (QED) is 0.550. The van der Waals surface area contributed by atoms with Gasteiger partial charge in [-0.1, -0.05) is 19.1 Å². The summed E-state index contributed by atoms with van der Waals surface area (Å²) < 4.78 is 0. The summed E-state index contributed by atoms with van der Waals surface area (Å²) in [4.78, 5) is 21.0. The number of nitro benzene ring substituents is 1. The Balaban J connectivity index is 2.57. The summed E-state index contributed by atoms with van der Waals surface area (Å²) in [5, 5.41) is 10.4. The van der Waals surface area contributed by atoms with Crippen LogP contribution in [0, 0.1) is 10.1 Å². The van der Waals surface area contributed by atoms with Crippen LogP contribution < -0.4 is 0 Å². The van der Waals surface area contributed by atoms with E-state index in [2.05, 4.69) is 0 Å². The molecule has 1 aromatic rings. The first-order chi connectivity index (χ1) is 7.13. The summed E-state index contributed by atoms with van der Waals surface area (Å²) in [6.45, 7) is 1.83. The maximum atomic E-state index is 11.1. The Hall–Kier alpha value is -1.71. The molecule has 4 nitrogen and oxygen atoms in total. The highest BCUT2D eigenvalue weighted by molar-refractivity contribution is 5.78. The lowest BCUT2D eigenvalue weighted by atomic mass is 10.1. The van der Waals surface area contributed by atoms with Crippen LogP contribution in [0.1, 0.15) is 25.3 Å². The van der Waals surface area contributed by atoms with Crippen molar-refractivity contribution in [2.75, 3.05) is 0 Å². The molecule has 0 atom stereocenters. The van der Waals surface area contributed by atoms with E-state index < -0.39 is 4.92 Å². The van der Waals surface area contributed by atoms with E-state index >= 15 is 0 Å². The van der Waals surface area contributed by atoms with Gasteiger partial charge in [-0.15, -0.1) is 0 Å². The summed E-state index contributed by atoms with van der Waals surface area (Å²) in [6, 6.07) is 6.32. The van der Waals surface area contributed by atoms with E-state index in [1.165, 1.54) is 12.1 Å². The van der Waals surface area contributed by atoms with E-state index in [-0.39, 0.29) is 11.5 Å². The monoisotopic (exact) mass is 207 g/mol. The van der Waals surface area contributed by atoms with Crippen molar-refractivity contribution in [3.8, 4) is 0 Å². The maximum absolute atomic E-state index is 11.1. The Morgan fingerprint density at radius 1 is 1.33 bits per heavy atom. The van der Waals surface area contributed by atoms with E-state index in [0.29, 0.717) is 19.3 Å². The number of benzene rings is 1. The lowest BCUT2D eigenvalue weighted by Gasteiger charge is -1.99. The van der Waals surface area contributed by atoms with Crippen LogP contribution in [0.3, 0.4) is 0 Å². The van der Waals surface area contributed by atoms with Crippen LogP contribution in [0.5, 0.6) is 0 Å². The van der Waals surface area contributed by atoms with Gasteiger partial charge in [0.2, 0.25) is 0 Å². The normalized spacial score (nSPS) is 9.93. The first-order valence-corrected chi connectivity index (χ1v) is 4.88. The van der Waals surface area contributed by atoms with Crippen molar-refractivity contribution < 1.29 is 9.72 Å². The molecule has 0 aliphatic carbocycles. The lowest BCUT2D eigenvalue weighted by Crippen LogP contribution is -1.97. The third-order valence-electron chi connectivity index (χ3n) is 2.23. The molecule has 0 aliphatic rings. The second-order valence-electron chi connectivity index (χ2n) is 3.32. The number of rotatable bonds is 5. The van der Waals surface area contributed by atoms with Gasteiger partial charge in [0.1, 0.15) is 5.78 Å². The first kappa shape index (κ1) is 11.4. The predicted octanol–water partition coefficient (Wildman–Crippen LogP) is 2.51. The fraction of sp³-hybridized carbons (Fsp3) is 0.364. The number of ketones is 1.